The molecule has 134 valence electrons. The maximum atomic E-state index is 12.2. The molecule has 0 aliphatic carbocycles. The van der Waals surface area contributed by atoms with Crippen LogP contribution in [0, 0.1) is 13.8 Å². The number of rotatable bonds is 7. The molecule has 0 fully saturated rings. The standard InChI is InChI=1S/C19H22ClNO3S/c1-12-5-6-13(2)14(7-12)10-25-11-19(22)21-16-9-17(23-3)15(20)8-18(16)24-4/h5-9H,10-11H2,1-4H3,(H,21,22). The number of benzene rings is 2. The first-order chi connectivity index (χ1) is 11.9. The summed E-state index contributed by atoms with van der Waals surface area (Å²) in [5, 5.41) is 3.28. The molecule has 0 spiro atoms. The van der Waals surface area contributed by atoms with Crippen LogP contribution in [0.5, 0.6) is 11.5 Å². The SMILES string of the molecule is COc1cc(NC(=O)CSCc2cc(C)ccc2C)c(OC)cc1Cl. The number of thioether (sulfide) groups is 1. The van der Waals surface area contributed by atoms with Crippen molar-refractivity contribution in [1.82, 2.24) is 0 Å². The smallest absolute Gasteiger partial charge is 0.234 e. The second kappa shape index (κ2) is 9.02. The molecule has 0 aliphatic rings. The summed E-state index contributed by atoms with van der Waals surface area (Å²) in [4.78, 5) is 12.2. The molecular weight excluding hydrogens is 358 g/mol. The Morgan fingerprint density at radius 2 is 1.84 bits per heavy atom. The fourth-order valence-electron chi connectivity index (χ4n) is 2.35. The maximum Gasteiger partial charge on any atom is 0.234 e. The molecule has 0 aliphatic heterocycles. The van der Waals surface area contributed by atoms with Crippen molar-refractivity contribution in [2.24, 2.45) is 0 Å². The Hall–Kier alpha value is -1.85. The highest BCUT2D eigenvalue weighted by Crippen LogP contribution is 2.35. The van der Waals surface area contributed by atoms with Gasteiger partial charge in [0.1, 0.15) is 11.5 Å². The third-order valence-corrected chi connectivity index (χ3v) is 5.02. The largest absolute Gasteiger partial charge is 0.495 e. The van der Waals surface area contributed by atoms with Crippen LogP contribution in [-0.4, -0.2) is 25.9 Å². The second-order valence-corrected chi connectivity index (χ2v) is 7.05. The molecule has 0 saturated carbocycles. The van der Waals surface area contributed by atoms with Gasteiger partial charge in [0.05, 0.1) is 30.7 Å². The van der Waals surface area contributed by atoms with E-state index >= 15 is 0 Å². The van der Waals surface area contributed by atoms with Crippen LogP contribution in [0.15, 0.2) is 30.3 Å². The maximum absolute atomic E-state index is 12.2. The second-order valence-electron chi connectivity index (χ2n) is 5.66. The van der Waals surface area contributed by atoms with E-state index in [-0.39, 0.29) is 5.91 Å². The van der Waals surface area contributed by atoms with Crippen LogP contribution >= 0.6 is 23.4 Å². The molecule has 1 amide bonds. The molecule has 0 radical (unpaired) electrons. The number of carbonyl (C=O) groups excluding carboxylic acids is 1. The van der Waals surface area contributed by atoms with E-state index in [0.717, 1.165) is 5.75 Å². The van der Waals surface area contributed by atoms with Crippen molar-refractivity contribution in [3.05, 3.63) is 52.0 Å². The molecule has 2 aromatic rings. The van der Waals surface area contributed by atoms with Gasteiger partial charge in [-0.1, -0.05) is 35.4 Å². The molecule has 0 bridgehead atoms. The lowest BCUT2D eigenvalue weighted by molar-refractivity contribution is -0.113. The summed E-state index contributed by atoms with van der Waals surface area (Å²) >= 11 is 7.65. The Kier molecular flexibility index (Phi) is 7.02. The molecule has 6 heteroatoms. The lowest BCUT2D eigenvalue weighted by Gasteiger charge is -2.13. The van der Waals surface area contributed by atoms with Gasteiger partial charge in [0, 0.05) is 17.9 Å². The van der Waals surface area contributed by atoms with Crippen LogP contribution in [-0.2, 0) is 10.5 Å². The van der Waals surface area contributed by atoms with Gasteiger partial charge in [0.25, 0.3) is 0 Å². The van der Waals surface area contributed by atoms with E-state index in [1.54, 1.807) is 23.9 Å². The van der Waals surface area contributed by atoms with Crippen LogP contribution in [0.1, 0.15) is 16.7 Å². The van der Waals surface area contributed by atoms with E-state index in [0.29, 0.717) is 28.0 Å². The molecule has 4 nitrogen and oxygen atoms in total. The van der Waals surface area contributed by atoms with Crippen molar-refractivity contribution in [2.75, 3.05) is 25.3 Å². The minimum Gasteiger partial charge on any atom is -0.495 e. The quantitative estimate of drug-likeness (QED) is 0.747. The van der Waals surface area contributed by atoms with E-state index in [4.69, 9.17) is 21.1 Å². The summed E-state index contributed by atoms with van der Waals surface area (Å²) in [7, 11) is 3.06. The zero-order valence-corrected chi connectivity index (χ0v) is 16.4. The number of nitrogens with one attached hydrogen (secondary N) is 1. The van der Waals surface area contributed by atoms with E-state index < -0.39 is 0 Å². The molecule has 0 heterocycles. The van der Waals surface area contributed by atoms with E-state index in [1.165, 1.54) is 30.9 Å². The first-order valence-corrected chi connectivity index (χ1v) is 9.33. The molecular formula is C19H22ClNO3S. The molecule has 2 rings (SSSR count). The van der Waals surface area contributed by atoms with Crippen molar-refractivity contribution in [1.29, 1.82) is 0 Å². The summed E-state index contributed by atoms with van der Waals surface area (Å²) in [6.07, 6.45) is 0. The summed E-state index contributed by atoms with van der Waals surface area (Å²) < 4.78 is 10.5. The van der Waals surface area contributed by atoms with Crippen LogP contribution in [0.2, 0.25) is 5.02 Å². The summed E-state index contributed by atoms with van der Waals surface area (Å²) in [5.41, 5.74) is 4.26. The third-order valence-electron chi connectivity index (χ3n) is 3.74. The highest BCUT2D eigenvalue weighted by molar-refractivity contribution is 7.99. The normalized spacial score (nSPS) is 10.4. The van der Waals surface area contributed by atoms with Gasteiger partial charge in [0.15, 0.2) is 0 Å². The molecule has 2 aromatic carbocycles. The Labute approximate surface area is 157 Å². The third kappa shape index (κ3) is 5.31. The van der Waals surface area contributed by atoms with E-state index in [1.807, 2.05) is 0 Å². The lowest BCUT2D eigenvalue weighted by atomic mass is 10.1. The number of halogens is 1. The van der Waals surface area contributed by atoms with Gasteiger partial charge in [-0.15, -0.1) is 11.8 Å². The fraction of sp³-hybridized carbons (Fsp3) is 0.316. The van der Waals surface area contributed by atoms with Gasteiger partial charge in [-0.3, -0.25) is 4.79 Å². The molecule has 0 saturated heterocycles. The van der Waals surface area contributed by atoms with Gasteiger partial charge in [-0.2, -0.15) is 0 Å². The van der Waals surface area contributed by atoms with Crippen LogP contribution in [0.4, 0.5) is 5.69 Å². The minimum absolute atomic E-state index is 0.0991. The molecule has 25 heavy (non-hydrogen) atoms. The zero-order chi connectivity index (χ0) is 18.4. The monoisotopic (exact) mass is 379 g/mol. The Bertz CT molecular complexity index is 765. The summed E-state index contributed by atoms with van der Waals surface area (Å²) in [6.45, 7) is 4.15. The van der Waals surface area contributed by atoms with Crippen molar-refractivity contribution in [3.8, 4) is 11.5 Å². The van der Waals surface area contributed by atoms with Crippen molar-refractivity contribution in [3.63, 3.8) is 0 Å². The van der Waals surface area contributed by atoms with Gasteiger partial charge < -0.3 is 14.8 Å². The minimum atomic E-state index is -0.0991. The van der Waals surface area contributed by atoms with E-state index in [9.17, 15) is 4.79 Å². The predicted octanol–water partition coefficient (Wildman–Crippen LogP) is 4.85. The van der Waals surface area contributed by atoms with Crippen LogP contribution in [0.3, 0.4) is 0 Å². The van der Waals surface area contributed by atoms with Crippen molar-refractivity contribution >= 4 is 35.0 Å². The predicted molar refractivity (Wildman–Crippen MR) is 105 cm³/mol. The number of methoxy groups -OCH3 is 2. The summed E-state index contributed by atoms with van der Waals surface area (Å²) in [6, 6.07) is 9.65. The average Bonchev–Trinajstić information content (AvgIpc) is 2.59. The first-order valence-electron chi connectivity index (χ1n) is 7.80. The molecule has 0 unspecified atom stereocenters. The molecule has 1 N–H and O–H groups in total. The highest BCUT2D eigenvalue weighted by atomic mass is 35.5. The first kappa shape index (κ1) is 19.5. The number of hydrogen-bond acceptors (Lipinski definition) is 4. The number of amides is 1. The number of aryl methyl sites for hydroxylation is 2. The van der Waals surface area contributed by atoms with Crippen LogP contribution < -0.4 is 14.8 Å². The van der Waals surface area contributed by atoms with E-state index in [2.05, 4.69) is 37.4 Å². The van der Waals surface area contributed by atoms with Gasteiger partial charge in [0.2, 0.25) is 5.91 Å². The fourth-order valence-corrected chi connectivity index (χ4v) is 3.48. The summed E-state index contributed by atoms with van der Waals surface area (Å²) in [5.74, 6) is 2.03. The molecule has 0 aromatic heterocycles. The van der Waals surface area contributed by atoms with Crippen molar-refractivity contribution < 1.29 is 14.3 Å². The lowest BCUT2D eigenvalue weighted by Crippen LogP contribution is -2.15. The van der Waals surface area contributed by atoms with Crippen LogP contribution in [0.25, 0.3) is 0 Å². The Morgan fingerprint density at radius 3 is 2.52 bits per heavy atom. The zero-order valence-electron chi connectivity index (χ0n) is 14.8. The number of ether oxygens (including phenoxy) is 2. The Balaban J connectivity index is 1.97. The topological polar surface area (TPSA) is 47.6 Å². The van der Waals surface area contributed by atoms with Gasteiger partial charge >= 0.3 is 0 Å². The number of anilines is 1. The number of hydrogen-bond donors (Lipinski definition) is 1. The number of carbonyl (C=O) groups is 1. The van der Waals surface area contributed by atoms with Gasteiger partial charge in [-0.25, -0.2) is 0 Å². The van der Waals surface area contributed by atoms with Gasteiger partial charge in [-0.05, 0) is 25.0 Å². The highest BCUT2D eigenvalue weighted by Gasteiger charge is 2.13. The van der Waals surface area contributed by atoms with Crippen molar-refractivity contribution in [2.45, 2.75) is 19.6 Å². The molecule has 0 atom stereocenters. The average molecular weight is 380 g/mol. The Morgan fingerprint density at radius 1 is 1.12 bits per heavy atom.